The van der Waals surface area contributed by atoms with Gasteiger partial charge in [0.1, 0.15) is 19.3 Å². The smallest absolute Gasteiger partial charge is 0.462 e. The Morgan fingerprint density at radius 1 is 0.262 bits per heavy atom. The number of esters is 4. The van der Waals surface area contributed by atoms with Crippen molar-refractivity contribution in [3.8, 4) is 0 Å². The second-order valence-electron chi connectivity index (χ2n) is 31.9. The van der Waals surface area contributed by atoms with E-state index in [4.69, 9.17) is 37.0 Å². The molecular formula is C88H172O17P2. The van der Waals surface area contributed by atoms with Gasteiger partial charge < -0.3 is 33.8 Å². The van der Waals surface area contributed by atoms with Gasteiger partial charge in [0.05, 0.1) is 26.4 Å². The van der Waals surface area contributed by atoms with Crippen molar-refractivity contribution >= 4 is 39.5 Å². The summed E-state index contributed by atoms with van der Waals surface area (Å²) in [5, 5.41) is 10.7. The molecule has 0 spiro atoms. The Balaban J connectivity index is 5.21. The fraction of sp³-hybridized carbons (Fsp3) is 0.955. The lowest BCUT2D eigenvalue weighted by atomic mass is 9.99. The second-order valence-corrected chi connectivity index (χ2v) is 34.8. The van der Waals surface area contributed by atoms with Gasteiger partial charge in [0.15, 0.2) is 12.2 Å². The zero-order chi connectivity index (χ0) is 78.3. The molecule has 636 valence electrons. The van der Waals surface area contributed by atoms with Crippen molar-refractivity contribution in [3.05, 3.63) is 0 Å². The minimum Gasteiger partial charge on any atom is -0.462 e. The fourth-order valence-corrected chi connectivity index (χ4v) is 15.4. The molecule has 3 N–H and O–H groups in total. The third-order valence-corrected chi connectivity index (χ3v) is 23.0. The minimum atomic E-state index is -4.97. The third kappa shape index (κ3) is 80.5. The topological polar surface area (TPSA) is 237 Å². The first-order chi connectivity index (χ1) is 52.1. The highest BCUT2D eigenvalue weighted by molar-refractivity contribution is 7.47. The van der Waals surface area contributed by atoms with Crippen molar-refractivity contribution in [2.45, 2.75) is 496 Å². The molecule has 0 aromatic rings. The molecule has 3 unspecified atom stereocenters. The molecular weight excluding hydrogens is 1390 g/mol. The van der Waals surface area contributed by atoms with Gasteiger partial charge in [0.25, 0.3) is 0 Å². The molecule has 19 heteroatoms. The predicted octanol–water partition coefficient (Wildman–Crippen LogP) is 27.2. The quantitative estimate of drug-likeness (QED) is 0.0222. The molecule has 17 nitrogen and oxygen atoms in total. The summed E-state index contributed by atoms with van der Waals surface area (Å²) in [5.74, 6) is -1.33. The van der Waals surface area contributed by atoms with Gasteiger partial charge in [-0.25, -0.2) is 9.13 Å². The van der Waals surface area contributed by atoms with Crippen LogP contribution in [0.4, 0.5) is 0 Å². The third-order valence-electron chi connectivity index (χ3n) is 21.1. The molecule has 0 fully saturated rings. The van der Waals surface area contributed by atoms with Crippen LogP contribution in [0.2, 0.25) is 0 Å². The lowest BCUT2D eigenvalue weighted by Gasteiger charge is -2.21. The molecule has 6 atom stereocenters. The Hall–Kier alpha value is -1.94. The lowest BCUT2D eigenvalue weighted by molar-refractivity contribution is -0.161. The van der Waals surface area contributed by atoms with E-state index >= 15 is 0 Å². The molecule has 0 aliphatic heterocycles. The van der Waals surface area contributed by atoms with Crippen LogP contribution in [0, 0.1) is 5.92 Å². The number of hydrogen-bond donors (Lipinski definition) is 3. The molecule has 0 aliphatic carbocycles. The number of phosphoric acid groups is 2. The summed E-state index contributed by atoms with van der Waals surface area (Å²) >= 11 is 0. The first-order valence-electron chi connectivity index (χ1n) is 45.7. The van der Waals surface area contributed by atoms with E-state index in [1.165, 1.54) is 302 Å². The molecule has 0 rings (SSSR count). The zero-order valence-electron chi connectivity index (χ0n) is 70.3. The highest BCUT2D eigenvalue weighted by Crippen LogP contribution is 2.45. The molecule has 0 radical (unpaired) electrons. The van der Waals surface area contributed by atoms with Crippen LogP contribution in [0.25, 0.3) is 0 Å². The first kappa shape index (κ1) is 105. The second kappa shape index (κ2) is 80.7. The van der Waals surface area contributed by atoms with Gasteiger partial charge in [0.2, 0.25) is 0 Å². The minimum absolute atomic E-state index is 0.106. The Bertz CT molecular complexity index is 2030. The highest BCUT2D eigenvalue weighted by atomic mass is 31.2. The van der Waals surface area contributed by atoms with Gasteiger partial charge in [-0.1, -0.05) is 426 Å². The van der Waals surface area contributed by atoms with E-state index < -0.39 is 97.5 Å². The van der Waals surface area contributed by atoms with Crippen molar-refractivity contribution in [1.82, 2.24) is 0 Å². The number of aliphatic hydroxyl groups is 1. The Morgan fingerprint density at radius 2 is 0.449 bits per heavy atom. The normalized spacial score (nSPS) is 14.0. The average molecular weight is 1560 g/mol. The standard InChI is InChI=1S/C88H172O17P2/c1-6-10-13-16-19-22-25-28-30-32-34-36-38-40-42-44-46-49-52-58-63-68-73-87(92)104-83(77-98-86(91)72-67-62-57-51-48-45-43-41-39-37-35-33-31-29-26-23-20-17-14-11-7-2)79-102-106(94,95)100-75-82(89)76-101-107(96,97)103-80-84(105-88(93)74-69-64-59-54-53-55-60-65-70-81(5)9-4)78-99-85(90)71-66-61-56-50-47-27-24-21-18-15-12-8-3/h81-84,89H,6-80H2,1-5H3,(H,94,95)(H,96,97)/t81?,82-,83-,84-/m1/s1. The lowest BCUT2D eigenvalue weighted by Crippen LogP contribution is -2.30. The van der Waals surface area contributed by atoms with Crippen molar-refractivity contribution in [2.24, 2.45) is 5.92 Å². The molecule has 0 aromatic carbocycles. The van der Waals surface area contributed by atoms with Gasteiger partial charge >= 0.3 is 39.5 Å². The SMILES string of the molecule is CCCCCCCCCCCCCCCCCCCCCCCCC(=O)O[C@H](COC(=O)CCCCCCCCCCCCCCCCCCCCCCC)COP(=O)(O)OC[C@@H](O)COP(=O)(O)OC[C@@H](COC(=O)CCCCCCCCCCCCCC)OC(=O)CCCCCCCCCCC(C)CC. The maximum Gasteiger partial charge on any atom is 0.472 e. The number of rotatable bonds is 88. The summed E-state index contributed by atoms with van der Waals surface area (Å²) in [5.41, 5.74) is 0. The number of unbranched alkanes of at least 4 members (excludes halogenated alkanes) is 59. The number of phosphoric ester groups is 2. The maximum absolute atomic E-state index is 13.2. The van der Waals surface area contributed by atoms with Crippen LogP contribution in [-0.4, -0.2) is 96.7 Å². The summed E-state index contributed by atoms with van der Waals surface area (Å²) < 4.78 is 68.9. The fourth-order valence-electron chi connectivity index (χ4n) is 13.8. The van der Waals surface area contributed by atoms with Crippen molar-refractivity contribution in [1.29, 1.82) is 0 Å². The van der Waals surface area contributed by atoms with Crippen molar-refractivity contribution < 1.29 is 80.2 Å². The van der Waals surface area contributed by atoms with Crippen molar-refractivity contribution in [2.75, 3.05) is 39.6 Å². The van der Waals surface area contributed by atoms with Gasteiger partial charge in [-0.05, 0) is 31.6 Å². The van der Waals surface area contributed by atoms with Gasteiger partial charge in [-0.2, -0.15) is 0 Å². The molecule has 0 heterocycles. The zero-order valence-corrected chi connectivity index (χ0v) is 72.1. The Kier molecular flexibility index (Phi) is 79.2. The van der Waals surface area contributed by atoms with E-state index in [0.717, 1.165) is 95.8 Å². The van der Waals surface area contributed by atoms with Crippen LogP contribution in [0.15, 0.2) is 0 Å². The number of aliphatic hydroxyl groups excluding tert-OH is 1. The van der Waals surface area contributed by atoms with Crippen LogP contribution >= 0.6 is 15.6 Å². The monoisotopic (exact) mass is 1560 g/mol. The summed E-state index contributed by atoms with van der Waals surface area (Å²) in [4.78, 5) is 73.3. The van der Waals surface area contributed by atoms with E-state index in [-0.39, 0.29) is 25.7 Å². The number of hydrogen-bond acceptors (Lipinski definition) is 15. The van der Waals surface area contributed by atoms with E-state index in [9.17, 15) is 43.2 Å². The number of carbonyl (C=O) groups is 4. The molecule has 0 bridgehead atoms. The Morgan fingerprint density at radius 3 is 0.664 bits per heavy atom. The van der Waals surface area contributed by atoms with E-state index in [1.54, 1.807) is 0 Å². The summed E-state index contributed by atoms with van der Waals surface area (Å²) in [6, 6.07) is 0. The van der Waals surface area contributed by atoms with Crippen LogP contribution in [0.5, 0.6) is 0 Å². The first-order valence-corrected chi connectivity index (χ1v) is 48.7. The number of carbonyl (C=O) groups excluding carboxylic acids is 4. The largest absolute Gasteiger partial charge is 0.472 e. The number of ether oxygens (including phenoxy) is 4. The average Bonchev–Trinajstić information content (AvgIpc) is 0.900. The summed E-state index contributed by atoms with van der Waals surface area (Å²) in [6.07, 6.45) is 75.2. The summed E-state index contributed by atoms with van der Waals surface area (Å²) in [7, 11) is -9.93. The predicted molar refractivity (Wildman–Crippen MR) is 442 cm³/mol. The molecule has 0 amide bonds. The Labute approximate surface area is 658 Å². The van der Waals surface area contributed by atoms with Gasteiger partial charge in [-0.15, -0.1) is 0 Å². The van der Waals surface area contributed by atoms with E-state index in [1.807, 2.05) is 0 Å². The highest BCUT2D eigenvalue weighted by Gasteiger charge is 2.30. The molecule has 0 saturated carbocycles. The molecule has 0 saturated heterocycles. The van der Waals surface area contributed by atoms with Crippen LogP contribution in [0.3, 0.4) is 0 Å². The maximum atomic E-state index is 13.2. The van der Waals surface area contributed by atoms with Crippen LogP contribution in [-0.2, 0) is 65.4 Å². The summed E-state index contributed by atoms with van der Waals surface area (Å²) in [6.45, 7) is 7.36. The van der Waals surface area contributed by atoms with Crippen molar-refractivity contribution in [3.63, 3.8) is 0 Å². The van der Waals surface area contributed by atoms with Crippen LogP contribution in [0.1, 0.15) is 478 Å². The van der Waals surface area contributed by atoms with E-state index in [0.29, 0.717) is 25.7 Å². The molecule has 0 aromatic heterocycles. The van der Waals surface area contributed by atoms with Gasteiger partial charge in [-0.3, -0.25) is 37.3 Å². The van der Waals surface area contributed by atoms with E-state index in [2.05, 4.69) is 34.6 Å². The molecule has 0 aliphatic rings. The van der Waals surface area contributed by atoms with Gasteiger partial charge in [0, 0.05) is 25.7 Å². The van der Waals surface area contributed by atoms with Crippen LogP contribution < -0.4 is 0 Å². The molecule has 107 heavy (non-hydrogen) atoms.